The fourth-order valence-corrected chi connectivity index (χ4v) is 1.69. The zero-order valence-electron chi connectivity index (χ0n) is 9.14. The smallest absolute Gasteiger partial charge is 0.322 e. The van der Waals surface area contributed by atoms with Crippen LogP contribution in [0.15, 0.2) is 24.3 Å². The topological polar surface area (TPSA) is 86.0 Å². The first-order chi connectivity index (χ1) is 8.60. The van der Waals surface area contributed by atoms with Crippen molar-refractivity contribution in [3.63, 3.8) is 0 Å². The molecule has 2 rings (SSSR count). The van der Waals surface area contributed by atoms with E-state index in [1.54, 1.807) is 24.3 Å². The molecule has 0 atom stereocenters. The van der Waals surface area contributed by atoms with Crippen molar-refractivity contribution in [2.75, 3.05) is 11.9 Å². The largest absolute Gasteiger partial charge is 0.480 e. The van der Waals surface area contributed by atoms with E-state index in [1.165, 1.54) is 0 Å². The lowest BCUT2D eigenvalue weighted by molar-refractivity contribution is -0.134. The molecule has 2 aromatic rings. The van der Waals surface area contributed by atoms with E-state index < -0.39 is 5.97 Å². The van der Waals surface area contributed by atoms with E-state index in [-0.39, 0.29) is 12.4 Å². The van der Waals surface area contributed by atoms with E-state index in [1.807, 2.05) is 6.07 Å². The summed E-state index contributed by atoms with van der Waals surface area (Å²) < 4.78 is 0. The Kier molecular flexibility index (Phi) is 3.31. The van der Waals surface area contributed by atoms with Crippen molar-refractivity contribution in [1.29, 1.82) is 5.26 Å². The zero-order valence-corrected chi connectivity index (χ0v) is 9.90. The molecule has 6 heteroatoms. The Balaban J connectivity index is 2.50. The van der Waals surface area contributed by atoms with Gasteiger partial charge in [-0.2, -0.15) is 5.26 Å². The average molecular weight is 262 g/mol. The number of halogens is 1. The van der Waals surface area contributed by atoms with E-state index in [9.17, 15) is 4.79 Å². The Bertz CT molecular complexity index is 664. The number of carboxylic acids is 1. The van der Waals surface area contributed by atoms with Gasteiger partial charge in [0.2, 0.25) is 0 Å². The van der Waals surface area contributed by atoms with Crippen molar-refractivity contribution < 1.29 is 9.90 Å². The molecule has 0 aliphatic rings. The molecule has 0 fully saturated rings. The van der Waals surface area contributed by atoms with Crippen molar-refractivity contribution in [2.45, 2.75) is 0 Å². The van der Waals surface area contributed by atoms with Crippen LogP contribution in [0, 0.1) is 11.3 Å². The fourth-order valence-electron chi connectivity index (χ4n) is 1.52. The van der Waals surface area contributed by atoms with E-state index in [0.29, 0.717) is 16.1 Å². The molecule has 5 nitrogen and oxygen atoms in total. The Morgan fingerprint density at radius 3 is 2.94 bits per heavy atom. The van der Waals surface area contributed by atoms with Crippen molar-refractivity contribution in [3.8, 4) is 6.07 Å². The summed E-state index contributed by atoms with van der Waals surface area (Å²) in [6, 6.07) is 8.74. The summed E-state index contributed by atoms with van der Waals surface area (Å²) in [6.07, 6.45) is 0. The summed E-state index contributed by atoms with van der Waals surface area (Å²) in [4.78, 5) is 14.7. The summed E-state index contributed by atoms with van der Waals surface area (Å²) in [5, 5.41) is 21.5. The highest BCUT2D eigenvalue weighted by molar-refractivity contribution is 6.31. The number of carboxylic acid groups (broad SMARTS) is 1. The molecular weight excluding hydrogens is 254 g/mol. The minimum atomic E-state index is -1.02. The number of pyridine rings is 1. The molecule has 0 bridgehead atoms. The number of fused-ring (bicyclic) bond motifs is 1. The van der Waals surface area contributed by atoms with Crippen LogP contribution in [0.5, 0.6) is 0 Å². The number of nitriles is 1. The molecule has 0 unspecified atom stereocenters. The van der Waals surface area contributed by atoms with Gasteiger partial charge in [0.1, 0.15) is 18.4 Å². The minimum Gasteiger partial charge on any atom is -0.480 e. The monoisotopic (exact) mass is 261 g/mol. The van der Waals surface area contributed by atoms with Gasteiger partial charge in [-0.05, 0) is 18.2 Å². The number of hydrogen-bond donors (Lipinski definition) is 2. The Hall–Kier alpha value is -2.32. The Morgan fingerprint density at radius 1 is 1.50 bits per heavy atom. The third kappa shape index (κ3) is 2.50. The molecule has 0 amide bonds. The summed E-state index contributed by atoms with van der Waals surface area (Å²) in [5.74, 6) is -0.776. The Morgan fingerprint density at radius 2 is 2.28 bits per heavy atom. The first-order valence-electron chi connectivity index (χ1n) is 5.06. The first-order valence-corrected chi connectivity index (χ1v) is 5.44. The lowest BCUT2D eigenvalue weighted by Gasteiger charge is -2.07. The quantitative estimate of drug-likeness (QED) is 0.885. The molecule has 90 valence electrons. The van der Waals surface area contributed by atoms with Gasteiger partial charge in [-0.3, -0.25) is 4.79 Å². The number of rotatable bonds is 3. The predicted octanol–water partition coefficient (Wildman–Crippen LogP) is 2.26. The minimum absolute atomic E-state index is 0.245. The van der Waals surface area contributed by atoms with Gasteiger partial charge in [0.25, 0.3) is 0 Å². The molecule has 0 aliphatic heterocycles. The third-order valence-electron chi connectivity index (χ3n) is 2.31. The highest BCUT2D eigenvalue weighted by Gasteiger charge is 2.08. The molecule has 1 aromatic heterocycles. The van der Waals surface area contributed by atoms with Crippen LogP contribution in [0.4, 0.5) is 5.82 Å². The summed E-state index contributed by atoms with van der Waals surface area (Å²) in [6.45, 7) is -0.298. The number of nitrogens with zero attached hydrogens (tertiary/aromatic N) is 2. The van der Waals surface area contributed by atoms with Gasteiger partial charge >= 0.3 is 5.97 Å². The molecule has 0 radical (unpaired) electrons. The molecule has 1 heterocycles. The summed E-state index contributed by atoms with van der Waals surface area (Å²) in [5.41, 5.74) is 0.903. The number of aliphatic carboxylic acids is 1. The molecule has 0 saturated carbocycles. The van der Waals surface area contributed by atoms with Crippen LogP contribution in [-0.2, 0) is 4.79 Å². The van der Waals surface area contributed by atoms with Crippen LogP contribution in [0.2, 0.25) is 5.02 Å². The second kappa shape index (κ2) is 4.90. The second-order valence-electron chi connectivity index (χ2n) is 3.58. The maximum absolute atomic E-state index is 10.5. The van der Waals surface area contributed by atoms with Gasteiger partial charge in [0, 0.05) is 10.4 Å². The van der Waals surface area contributed by atoms with E-state index >= 15 is 0 Å². The van der Waals surface area contributed by atoms with Crippen molar-refractivity contribution >= 4 is 34.3 Å². The van der Waals surface area contributed by atoms with E-state index in [4.69, 9.17) is 22.0 Å². The summed E-state index contributed by atoms with van der Waals surface area (Å²) in [7, 11) is 0. The normalized spacial score (nSPS) is 10.0. The van der Waals surface area contributed by atoms with Crippen LogP contribution in [0.25, 0.3) is 10.9 Å². The second-order valence-corrected chi connectivity index (χ2v) is 4.02. The van der Waals surface area contributed by atoms with E-state index in [0.717, 1.165) is 5.39 Å². The maximum atomic E-state index is 10.5. The standard InChI is InChI=1S/C12H8ClN3O2/c13-9-2-1-7-3-8(5-14)12(15-6-11(17)18)16-10(7)4-9/h1-4H,6H2,(H,15,16)(H,17,18). The van der Waals surface area contributed by atoms with Gasteiger partial charge in [-0.15, -0.1) is 0 Å². The molecule has 2 N–H and O–H groups in total. The predicted molar refractivity (Wildman–Crippen MR) is 67.6 cm³/mol. The van der Waals surface area contributed by atoms with Crippen molar-refractivity contribution in [1.82, 2.24) is 4.98 Å². The first kappa shape index (κ1) is 12.1. The van der Waals surface area contributed by atoms with Crippen molar-refractivity contribution in [2.24, 2.45) is 0 Å². The fraction of sp³-hybridized carbons (Fsp3) is 0.0833. The van der Waals surface area contributed by atoms with E-state index in [2.05, 4.69) is 10.3 Å². The molecule has 18 heavy (non-hydrogen) atoms. The molecule has 0 aliphatic carbocycles. The number of anilines is 1. The summed E-state index contributed by atoms with van der Waals surface area (Å²) >= 11 is 5.85. The van der Waals surface area contributed by atoms with Crippen LogP contribution in [0.3, 0.4) is 0 Å². The molecular formula is C12H8ClN3O2. The van der Waals surface area contributed by atoms with Crippen LogP contribution < -0.4 is 5.32 Å². The molecule has 0 spiro atoms. The molecule has 1 aromatic carbocycles. The number of hydrogen-bond acceptors (Lipinski definition) is 4. The van der Waals surface area contributed by atoms with Crippen LogP contribution >= 0.6 is 11.6 Å². The number of benzene rings is 1. The zero-order chi connectivity index (χ0) is 13.1. The lowest BCUT2D eigenvalue weighted by Crippen LogP contribution is -2.14. The average Bonchev–Trinajstić information content (AvgIpc) is 2.35. The van der Waals surface area contributed by atoms with Gasteiger partial charge < -0.3 is 10.4 Å². The number of nitrogens with one attached hydrogen (secondary N) is 1. The highest BCUT2D eigenvalue weighted by Crippen LogP contribution is 2.22. The van der Waals surface area contributed by atoms with Crippen LogP contribution in [0.1, 0.15) is 5.56 Å². The van der Waals surface area contributed by atoms with Gasteiger partial charge in [-0.1, -0.05) is 17.7 Å². The van der Waals surface area contributed by atoms with Gasteiger partial charge in [-0.25, -0.2) is 4.98 Å². The van der Waals surface area contributed by atoms with Crippen LogP contribution in [-0.4, -0.2) is 22.6 Å². The maximum Gasteiger partial charge on any atom is 0.322 e. The highest BCUT2D eigenvalue weighted by atomic mass is 35.5. The number of aromatic nitrogens is 1. The molecule has 0 saturated heterocycles. The van der Waals surface area contributed by atoms with Gasteiger partial charge in [0.05, 0.1) is 11.1 Å². The van der Waals surface area contributed by atoms with Gasteiger partial charge in [0.15, 0.2) is 0 Å². The Labute approximate surface area is 108 Å². The number of carbonyl (C=O) groups is 1. The van der Waals surface area contributed by atoms with Crippen molar-refractivity contribution in [3.05, 3.63) is 34.9 Å². The third-order valence-corrected chi connectivity index (χ3v) is 2.54. The lowest BCUT2D eigenvalue weighted by atomic mass is 10.1. The SMILES string of the molecule is N#Cc1cc2ccc(Cl)cc2nc1NCC(=O)O.